The van der Waals surface area contributed by atoms with Gasteiger partial charge < -0.3 is 10.2 Å². The van der Waals surface area contributed by atoms with Crippen LogP contribution in [0.3, 0.4) is 0 Å². The molecule has 0 saturated carbocycles. The van der Waals surface area contributed by atoms with Gasteiger partial charge in [0.2, 0.25) is 0 Å². The molecule has 22 heavy (non-hydrogen) atoms. The van der Waals surface area contributed by atoms with Crippen LogP contribution in [0, 0.1) is 13.8 Å². The van der Waals surface area contributed by atoms with E-state index in [1.807, 2.05) is 38.7 Å². The molecule has 0 saturated heterocycles. The minimum Gasteiger partial charge on any atom is -0.351 e. The molecule has 120 valence electrons. The van der Waals surface area contributed by atoms with Gasteiger partial charge in [-0.05, 0) is 53.0 Å². The zero-order chi connectivity index (χ0) is 16.1. The summed E-state index contributed by atoms with van der Waals surface area (Å²) in [7, 11) is 4.03. The van der Waals surface area contributed by atoms with Gasteiger partial charge in [-0.1, -0.05) is 0 Å². The predicted molar refractivity (Wildman–Crippen MR) is 84.8 cm³/mol. The van der Waals surface area contributed by atoms with Crippen molar-refractivity contribution in [1.29, 1.82) is 0 Å². The number of carbonyl (C=O) groups excluding carboxylic acids is 1. The Morgan fingerprint density at radius 1 is 1.32 bits per heavy atom. The zero-order valence-electron chi connectivity index (χ0n) is 13.7. The van der Waals surface area contributed by atoms with Crippen LogP contribution in [0.4, 0.5) is 0 Å². The molecule has 1 amide bonds. The zero-order valence-corrected chi connectivity index (χ0v) is 13.7. The van der Waals surface area contributed by atoms with E-state index < -0.39 is 0 Å². The van der Waals surface area contributed by atoms with Crippen molar-refractivity contribution in [2.24, 2.45) is 0 Å². The summed E-state index contributed by atoms with van der Waals surface area (Å²) in [5.74, 6) is -0.133. The van der Waals surface area contributed by atoms with Crippen LogP contribution >= 0.6 is 0 Å². The summed E-state index contributed by atoms with van der Waals surface area (Å²) >= 11 is 0. The van der Waals surface area contributed by atoms with E-state index in [4.69, 9.17) is 0 Å². The molecule has 2 heterocycles. The molecular weight excluding hydrogens is 280 g/mol. The van der Waals surface area contributed by atoms with Gasteiger partial charge in [0.25, 0.3) is 5.91 Å². The monoisotopic (exact) mass is 304 g/mol. The van der Waals surface area contributed by atoms with Gasteiger partial charge >= 0.3 is 0 Å². The van der Waals surface area contributed by atoms with Gasteiger partial charge in [0.15, 0.2) is 0 Å². The molecule has 0 spiro atoms. The second kappa shape index (κ2) is 7.22. The fraction of sp³-hybridized carbons (Fsp3) is 0.533. The van der Waals surface area contributed by atoms with Crippen LogP contribution in [0.5, 0.6) is 0 Å². The summed E-state index contributed by atoms with van der Waals surface area (Å²) in [5, 5.41) is 11.6. The van der Waals surface area contributed by atoms with Crippen LogP contribution in [0.25, 0.3) is 0 Å². The summed E-state index contributed by atoms with van der Waals surface area (Å²) in [6, 6.07) is 3.74. The maximum atomic E-state index is 12.0. The normalized spacial score (nSPS) is 11.1. The molecule has 7 nitrogen and oxygen atoms in total. The second-order valence-electron chi connectivity index (χ2n) is 5.72. The van der Waals surface area contributed by atoms with Gasteiger partial charge in [-0.15, -0.1) is 0 Å². The maximum absolute atomic E-state index is 12.0. The molecule has 0 fully saturated rings. The standard InChI is InChI=1S/C15H24N6O/c1-12-10-13(2)21(17-12)11-20-9-6-14(18-20)15(22)16-7-5-8-19(3)4/h6,9-10H,5,7-8,11H2,1-4H3,(H,16,22). The van der Waals surface area contributed by atoms with Crippen molar-refractivity contribution in [3.63, 3.8) is 0 Å². The minimum atomic E-state index is -0.133. The van der Waals surface area contributed by atoms with E-state index in [0.717, 1.165) is 24.4 Å². The van der Waals surface area contributed by atoms with E-state index >= 15 is 0 Å². The Bertz CT molecular complexity index is 628. The maximum Gasteiger partial charge on any atom is 0.271 e. The van der Waals surface area contributed by atoms with Gasteiger partial charge in [0.05, 0.1) is 5.69 Å². The Hall–Kier alpha value is -2.15. The summed E-state index contributed by atoms with van der Waals surface area (Å²) in [4.78, 5) is 14.1. The van der Waals surface area contributed by atoms with Gasteiger partial charge in [-0.25, -0.2) is 4.68 Å². The molecule has 7 heteroatoms. The molecule has 0 unspecified atom stereocenters. The molecule has 0 atom stereocenters. The molecule has 0 radical (unpaired) electrons. The van der Waals surface area contributed by atoms with E-state index in [1.54, 1.807) is 16.9 Å². The highest BCUT2D eigenvalue weighted by molar-refractivity contribution is 5.92. The number of aromatic nitrogens is 4. The number of carbonyl (C=O) groups is 1. The summed E-state index contributed by atoms with van der Waals surface area (Å²) in [5.41, 5.74) is 2.48. The third kappa shape index (κ3) is 4.42. The van der Waals surface area contributed by atoms with Gasteiger partial charge in [0.1, 0.15) is 12.4 Å². The first-order chi connectivity index (χ1) is 10.5. The Balaban J connectivity index is 1.88. The van der Waals surface area contributed by atoms with Gasteiger partial charge in [0, 0.05) is 18.4 Å². The largest absolute Gasteiger partial charge is 0.351 e. The Morgan fingerprint density at radius 3 is 2.73 bits per heavy atom. The van der Waals surface area contributed by atoms with Crippen LogP contribution in [0.1, 0.15) is 28.3 Å². The molecular formula is C15H24N6O. The Kier molecular flexibility index (Phi) is 5.32. The summed E-state index contributed by atoms with van der Waals surface area (Å²) < 4.78 is 3.58. The molecule has 1 N–H and O–H groups in total. The molecule has 0 bridgehead atoms. The minimum absolute atomic E-state index is 0.133. The predicted octanol–water partition coefficient (Wildman–Crippen LogP) is 0.884. The van der Waals surface area contributed by atoms with Crippen molar-refractivity contribution in [1.82, 2.24) is 29.8 Å². The molecule has 2 aromatic heterocycles. The highest BCUT2D eigenvalue weighted by Gasteiger charge is 2.09. The first-order valence-electron chi connectivity index (χ1n) is 7.43. The summed E-state index contributed by atoms with van der Waals surface area (Å²) in [6.45, 7) is 6.07. The first-order valence-corrected chi connectivity index (χ1v) is 7.43. The van der Waals surface area contributed by atoms with Crippen molar-refractivity contribution in [3.8, 4) is 0 Å². The second-order valence-corrected chi connectivity index (χ2v) is 5.72. The van der Waals surface area contributed by atoms with Crippen LogP contribution < -0.4 is 5.32 Å². The number of hydrogen-bond acceptors (Lipinski definition) is 4. The van der Waals surface area contributed by atoms with Gasteiger partial charge in [-0.3, -0.25) is 9.48 Å². The number of rotatable bonds is 7. The molecule has 2 aromatic rings. The third-order valence-corrected chi connectivity index (χ3v) is 3.32. The summed E-state index contributed by atoms with van der Waals surface area (Å²) in [6.07, 6.45) is 2.72. The highest BCUT2D eigenvalue weighted by atomic mass is 16.1. The molecule has 0 aliphatic rings. The highest BCUT2D eigenvalue weighted by Crippen LogP contribution is 2.03. The average molecular weight is 304 g/mol. The van der Waals surface area contributed by atoms with E-state index in [1.165, 1.54) is 0 Å². The van der Waals surface area contributed by atoms with Crippen LogP contribution in [0.2, 0.25) is 0 Å². The fourth-order valence-electron chi connectivity index (χ4n) is 2.20. The topological polar surface area (TPSA) is 68.0 Å². The lowest BCUT2D eigenvalue weighted by atomic mass is 10.3. The Labute approximate surface area is 130 Å². The lowest BCUT2D eigenvalue weighted by molar-refractivity contribution is 0.0946. The van der Waals surface area contributed by atoms with E-state index in [0.29, 0.717) is 18.9 Å². The first kappa shape index (κ1) is 16.2. The lowest BCUT2D eigenvalue weighted by Gasteiger charge is -2.09. The smallest absolute Gasteiger partial charge is 0.271 e. The Morgan fingerprint density at radius 2 is 2.09 bits per heavy atom. The van der Waals surface area contributed by atoms with E-state index in [2.05, 4.69) is 20.4 Å². The van der Waals surface area contributed by atoms with Crippen LogP contribution in [-0.4, -0.2) is 57.6 Å². The van der Waals surface area contributed by atoms with E-state index in [9.17, 15) is 4.79 Å². The molecule has 2 rings (SSSR count). The molecule has 0 aliphatic heterocycles. The number of aryl methyl sites for hydroxylation is 2. The number of nitrogens with zero attached hydrogens (tertiary/aromatic N) is 5. The third-order valence-electron chi connectivity index (χ3n) is 3.32. The van der Waals surface area contributed by atoms with Gasteiger partial charge in [-0.2, -0.15) is 10.2 Å². The van der Waals surface area contributed by atoms with Crippen molar-refractivity contribution in [2.45, 2.75) is 26.9 Å². The SMILES string of the molecule is Cc1cc(C)n(Cn2ccc(C(=O)NCCCN(C)C)n2)n1. The fourth-order valence-corrected chi connectivity index (χ4v) is 2.20. The van der Waals surface area contributed by atoms with Crippen LogP contribution in [0.15, 0.2) is 18.3 Å². The lowest BCUT2D eigenvalue weighted by Crippen LogP contribution is -2.27. The quantitative estimate of drug-likeness (QED) is 0.771. The van der Waals surface area contributed by atoms with Crippen LogP contribution in [-0.2, 0) is 6.67 Å². The van der Waals surface area contributed by atoms with Crippen molar-refractivity contribution < 1.29 is 4.79 Å². The molecule has 0 aromatic carbocycles. The number of nitrogens with one attached hydrogen (secondary N) is 1. The number of hydrogen-bond donors (Lipinski definition) is 1. The van der Waals surface area contributed by atoms with Crippen molar-refractivity contribution in [2.75, 3.05) is 27.2 Å². The van der Waals surface area contributed by atoms with Crippen molar-refractivity contribution in [3.05, 3.63) is 35.4 Å². The average Bonchev–Trinajstić information content (AvgIpc) is 3.02. The number of amides is 1. The molecule has 0 aliphatic carbocycles. The van der Waals surface area contributed by atoms with Crippen molar-refractivity contribution >= 4 is 5.91 Å². The van der Waals surface area contributed by atoms with E-state index in [-0.39, 0.29) is 5.91 Å².